The van der Waals surface area contributed by atoms with Crippen molar-refractivity contribution >= 4 is 0 Å². The molecule has 2 aromatic carbocycles. The Morgan fingerprint density at radius 1 is 0.694 bits per heavy atom. The Hall–Kier alpha value is -1.90. The Morgan fingerprint density at radius 2 is 1.28 bits per heavy atom. The van der Waals surface area contributed by atoms with E-state index in [1.54, 1.807) is 6.07 Å². The van der Waals surface area contributed by atoms with Crippen LogP contribution in [-0.2, 0) is 0 Å². The average Bonchev–Trinajstić information content (AvgIpc) is 2.90. The van der Waals surface area contributed by atoms with Crippen molar-refractivity contribution in [2.24, 2.45) is 11.8 Å². The van der Waals surface area contributed by atoms with Gasteiger partial charge in [-0.2, -0.15) is 0 Å². The summed E-state index contributed by atoms with van der Waals surface area (Å²) in [6.07, 6.45) is 15.3. The van der Waals surface area contributed by atoms with Crippen LogP contribution in [-0.4, -0.2) is 0 Å². The second kappa shape index (κ2) is 13.6. The quantitative estimate of drug-likeness (QED) is 0.281. The van der Waals surface area contributed by atoms with Gasteiger partial charge in [0.15, 0.2) is 0 Å². The zero-order valence-electron chi connectivity index (χ0n) is 22.5. The highest BCUT2D eigenvalue weighted by atomic mass is 19.3. The van der Waals surface area contributed by atoms with Crippen molar-refractivity contribution in [3.63, 3.8) is 0 Å². The molecule has 2 fully saturated rings. The molecule has 2 aliphatic rings. The summed E-state index contributed by atoms with van der Waals surface area (Å²) in [4.78, 5) is 0. The highest BCUT2D eigenvalue weighted by Gasteiger charge is 2.25. The highest BCUT2D eigenvalue weighted by molar-refractivity contribution is 5.43. The Labute approximate surface area is 218 Å². The number of halogens is 2. The average molecular weight is 497 g/mol. The van der Waals surface area contributed by atoms with E-state index >= 15 is 0 Å². The predicted molar refractivity (Wildman–Crippen MR) is 146 cm³/mol. The van der Waals surface area contributed by atoms with Gasteiger partial charge in [0, 0.05) is 0 Å². The summed E-state index contributed by atoms with van der Waals surface area (Å²) in [5.74, 6) is 3.77. The molecule has 2 saturated carbocycles. The summed E-state index contributed by atoms with van der Waals surface area (Å²) in [5, 5.41) is 0. The molecule has 0 radical (unpaired) electrons. The van der Waals surface area contributed by atoms with Gasteiger partial charge in [-0.05, 0) is 110 Å². The molecule has 0 spiro atoms. The lowest BCUT2D eigenvalue weighted by atomic mass is 9.77. The van der Waals surface area contributed by atoms with E-state index in [-0.39, 0.29) is 5.56 Å². The molecule has 0 aliphatic heterocycles. The van der Waals surface area contributed by atoms with Gasteiger partial charge in [-0.3, -0.25) is 0 Å². The Morgan fingerprint density at radius 3 is 1.86 bits per heavy atom. The summed E-state index contributed by atoms with van der Waals surface area (Å²) < 4.78 is 33.7. The second-order valence-corrected chi connectivity index (χ2v) is 11.5. The molecule has 1 nitrogen and oxygen atoms in total. The lowest BCUT2D eigenvalue weighted by Crippen LogP contribution is -2.13. The number of hydrogen-bond acceptors (Lipinski definition) is 1. The van der Waals surface area contributed by atoms with Crippen LogP contribution in [0.1, 0.15) is 139 Å². The fourth-order valence-electron chi connectivity index (χ4n) is 6.67. The van der Waals surface area contributed by atoms with Crippen LogP contribution in [0.4, 0.5) is 8.78 Å². The van der Waals surface area contributed by atoms with Crippen molar-refractivity contribution in [1.82, 2.24) is 0 Å². The van der Waals surface area contributed by atoms with Crippen molar-refractivity contribution < 1.29 is 13.5 Å². The molecule has 198 valence electrons. The molecule has 0 heterocycles. The number of unbranched alkanes of at least 4 members (excludes halogenated alkanes) is 2. The standard InChI is InChI=1S/C33H46F2O/c1-3-5-6-8-25-11-15-28(16-12-25)29-19-22-31(33(34)35)32(23-29)36-30-20-17-27(18-21-30)26-13-9-24(7-4-2)10-14-26/h17-26,28,33H,3-16H2,1-2H3. The molecule has 0 unspecified atom stereocenters. The lowest BCUT2D eigenvalue weighted by Gasteiger charge is -2.29. The maximum atomic E-state index is 13.8. The van der Waals surface area contributed by atoms with Crippen LogP contribution >= 0.6 is 0 Å². The zero-order valence-corrected chi connectivity index (χ0v) is 22.5. The summed E-state index contributed by atoms with van der Waals surface area (Å²) >= 11 is 0. The summed E-state index contributed by atoms with van der Waals surface area (Å²) in [5.41, 5.74) is 2.50. The summed E-state index contributed by atoms with van der Waals surface area (Å²) in [6, 6.07) is 13.6. The van der Waals surface area contributed by atoms with E-state index in [4.69, 9.17) is 4.74 Å². The number of rotatable bonds is 11. The SMILES string of the molecule is CCCCCC1CCC(c2ccc(C(F)F)c(Oc3ccc(C4CCC(CCC)CC4)cc3)c2)CC1. The van der Waals surface area contributed by atoms with Gasteiger partial charge < -0.3 is 4.74 Å². The van der Waals surface area contributed by atoms with E-state index in [2.05, 4.69) is 26.0 Å². The topological polar surface area (TPSA) is 9.23 Å². The molecule has 36 heavy (non-hydrogen) atoms. The van der Waals surface area contributed by atoms with Gasteiger partial charge in [0.25, 0.3) is 6.43 Å². The van der Waals surface area contributed by atoms with Crippen LogP contribution in [0.2, 0.25) is 0 Å². The maximum absolute atomic E-state index is 13.8. The van der Waals surface area contributed by atoms with Gasteiger partial charge in [0.1, 0.15) is 11.5 Å². The van der Waals surface area contributed by atoms with E-state index < -0.39 is 6.43 Å². The number of ether oxygens (including phenoxy) is 1. The smallest absolute Gasteiger partial charge is 0.267 e. The molecule has 0 atom stereocenters. The molecular formula is C33H46F2O. The van der Waals surface area contributed by atoms with E-state index in [0.29, 0.717) is 23.3 Å². The lowest BCUT2D eigenvalue weighted by molar-refractivity contribution is 0.148. The Bertz CT molecular complexity index is 906. The van der Waals surface area contributed by atoms with Crippen LogP contribution in [0, 0.1) is 11.8 Å². The number of alkyl halides is 2. The fourth-order valence-corrected chi connectivity index (χ4v) is 6.67. The van der Waals surface area contributed by atoms with Crippen molar-refractivity contribution in [3.8, 4) is 11.5 Å². The van der Waals surface area contributed by atoms with Crippen LogP contribution < -0.4 is 4.74 Å². The third-order valence-electron chi connectivity index (χ3n) is 8.93. The fraction of sp³-hybridized carbons (Fsp3) is 0.636. The molecular weight excluding hydrogens is 450 g/mol. The molecule has 4 rings (SSSR count). The number of benzene rings is 2. The van der Waals surface area contributed by atoms with Gasteiger partial charge in [0.05, 0.1) is 5.56 Å². The van der Waals surface area contributed by atoms with E-state index in [1.165, 1.54) is 82.6 Å². The first-order chi connectivity index (χ1) is 17.6. The predicted octanol–water partition coefficient (Wildman–Crippen LogP) is 11.3. The van der Waals surface area contributed by atoms with Gasteiger partial charge in [-0.25, -0.2) is 8.78 Å². The minimum absolute atomic E-state index is 0.00896. The van der Waals surface area contributed by atoms with Crippen LogP contribution in [0.3, 0.4) is 0 Å². The van der Waals surface area contributed by atoms with E-state index in [0.717, 1.165) is 30.2 Å². The number of hydrogen-bond donors (Lipinski definition) is 0. The van der Waals surface area contributed by atoms with Gasteiger partial charge in [-0.1, -0.05) is 70.6 Å². The van der Waals surface area contributed by atoms with Gasteiger partial charge in [-0.15, -0.1) is 0 Å². The first-order valence-corrected chi connectivity index (χ1v) is 14.8. The molecule has 2 aromatic rings. The molecule has 0 aromatic heterocycles. The van der Waals surface area contributed by atoms with Crippen molar-refractivity contribution in [2.75, 3.05) is 0 Å². The highest BCUT2D eigenvalue weighted by Crippen LogP contribution is 2.42. The second-order valence-electron chi connectivity index (χ2n) is 11.5. The van der Waals surface area contributed by atoms with Crippen LogP contribution in [0.25, 0.3) is 0 Å². The normalized spacial score (nSPS) is 24.7. The van der Waals surface area contributed by atoms with Gasteiger partial charge >= 0.3 is 0 Å². The van der Waals surface area contributed by atoms with Gasteiger partial charge in [0.2, 0.25) is 0 Å². The summed E-state index contributed by atoms with van der Waals surface area (Å²) in [6.45, 7) is 4.53. The van der Waals surface area contributed by atoms with Crippen molar-refractivity contribution in [3.05, 3.63) is 59.2 Å². The minimum Gasteiger partial charge on any atom is -0.457 e. The molecule has 0 amide bonds. The van der Waals surface area contributed by atoms with E-state index in [1.807, 2.05) is 24.3 Å². The largest absolute Gasteiger partial charge is 0.457 e. The third-order valence-corrected chi connectivity index (χ3v) is 8.93. The van der Waals surface area contributed by atoms with Crippen LogP contribution in [0.15, 0.2) is 42.5 Å². The maximum Gasteiger partial charge on any atom is 0.267 e. The monoisotopic (exact) mass is 496 g/mol. The minimum atomic E-state index is -2.54. The molecule has 0 saturated heterocycles. The van der Waals surface area contributed by atoms with Crippen molar-refractivity contribution in [2.45, 2.75) is 122 Å². The molecule has 2 aliphatic carbocycles. The van der Waals surface area contributed by atoms with Crippen molar-refractivity contribution in [1.29, 1.82) is 0 Å². The third kappa shape index (κ3) is 7.33. The molecule has 0 N–H and O–H groups in total. The molecule has 3 heteroatoms. The summed E-state index contributed by atoms with van der Waals surface area (Å²) in [7, 11) is 0. The first kappa shape index (κ1) is 27.1. The Kier molecular flexibility index (Phi) is 10.2. The molecule has 0 bridgehead atoms. The first-order valence-electron chi connectivity index (χ1n) is 14.8. The zero-order chi connectivity index (χ0) is 25.3. The Balaban J connectivity index is 1.39. The van der Waals surface area contributed by atoms with E-state index in [9.17, 15) is 8.78 Å². The van der Waals surface area contributed by atoms with Crippen LogP contribution in [0.5, 0.6) is 11.5 Å².